The molecule has 1 aliphatic rings. The molecule has 0 amide bonds. The summed E-state index contributed by atoms with van der Waals surface area (Å²) in [6, 6.07) is 0. The van der Waals surface area contributed by atoms with Crippen molar-refractivity contribution in [3.63, 3.8) is 0 Å². The van der Waals surface area contributed by atoms with Gasteiger partial charge in [0.2, 0.25) is 5.95 Å². The number of nitrogens with zero attached hydrogens (tertiary/aromatic N) is 4. The first-order valence-electron chi connectivity index (χ1n) is 6.10. The second-order valence-electron chi connectivity index (χ2n) is 4.32. The van der Waals surface area contributed by atoms with E-state index in [1.54, 1.807) is 0 Å². The number of hydrogen-bond acceptors (Lipinski definition) is 6. The molecular weight excluding hydrogens is 216 g/mol. The lowest BCUT2D eigenvalue weighted by molar-refractivity contribution is 0.249. The maximum absolute atomic E-state index is 4.34. The van der Waals surface area contributed by atoms with E-state index < -0.39 is 0 Å². The van der Waals surface area contributed by atoms with Crippen LogP contribution in [0.15, 0.2) is 0 Å². The molecule has 1 aromatic heterocycles. The first-order chi connectivity index (χ1) is 8.25. The lowest BCUT2D eigenvalue weighted by Gasteiger charge is -2.27. The third kappa shape index (κ3) is 3.61. The molecule has 1 saturated heterocycles. The van der Waals surface area contributed by atoms with E-state index in [-0.39, 0.29) is 0 Å². The molecule has 1 aromatic rings. The van der Waals surface area contributed by atoms with Crippen LogP contribution >= 0.6 is 0 Å². The number of nitrogens with one attached hydrogen (secondary N) is 2. The zero-order valence-corrected chi connectivity index (χ0v) is 10.5. The third-order valence-electron chi connectivity index (χ3n) is 3.01. The van der Waals surface area contributed by atoms with Crippen LogP contribution in [0.3, 0.4) is 0 Å². The highest BCUT2D eigenvalue weighted by Gasteiger charge is 2.08. The predicted octanol–water partition coefficient (Wildman–Crippen LogP) is -0.194. The van der Waals surface area contributed by atoms with E-state index in [2.05, 4.69) is 30.7 Å². The van der Waals surface area contributed by atoms with Crippen LogP contribution in [0, 0.1) is 13.8 Å². The summed E-state index contributed by atoms with van der Waals surface area (Å²) < 4.78 is 0. The van der Waals surface area contributed by atoms with Crippen LogP contribution in [0.2, 0.25) is 0 Å². The van der Waals surface area contributed by atoms with Gasteiger partial charge in [-0.3, -0.25) is 4.90 Å². The number of piperazine rings is 1. The SMILES string of the molecule is Cc1nnc(NCCN2CCNCC2)nc1C. The topological polar surface area (TPSA) is 66.0 Å². The largest absolute Gasteiger partial charge is 0.352 e. The fourth-order valence-electron chi connectivity index (χ4n) is 1.79. The van der Waals surface area contributed by atoms with Crippen LogP contribution in [0.4, 0.5) is 5.95 Å². The maximum atomic E-state index is 4.34. The number of aryl methyl sites for hydroxylation is 2. The molecule has 0 atom stereocenters. The molecule has 6 nitrogen and oxygen atoms in total. The van der Waals surface area contributed by atoms with Crippen molar-refractivity contribution in [3.05, 3.63) is 11.4 Å². The molecule has 1 aliphatic heterocycles. The van der Waals surface area contributed by atoms with E-state index in [9.17, 15) is 0 Å². The highest BCUT2D eigenvalue weighted by molar-refractivity contribution is 5.24. The van der Waals surface area contributed by atoms with Crippen LogP contribution < -0.4 is 10.6 Å². The van der Waals surface area contributed by atoms with Gasteiger partial charge in [-0.25, -0.2) is 4.98 Å². The maximum Gasteiger partial charge on any atom is 0.243 e. The Hall–Kier alpha value is -1.27. The highest BCUT2D eigenvalue weighted by atomic mass is 15.3. The van der Waals surface area contributed by atoms with Crippen molar-refractivity contribution < 1.29 is 0 Å². The minimum Gasteiger partial charge on any atom is -0.352 e. The Morgan fingerprint density at radius 3 is 2.65 bits per heavy atom. The molecule has 2 heterocycles. The minimum atomic E-state index is 0.628. The summed E-state index contributed by atoms with van der Waals surface area (Å²) in [6.45, 7) is 10.2. The normalized spacial score (nSPS) is 17.1. The molecule has 0 bridgehead atoms. The number of hydrogen-bond donors (Lipinski definition) is 2. The molecule has 0 spiro atoms. The van der Waals surface area contributed by atoms with Gasteiger partial charge in [-0.05, 0) is 13.8 Å². The van der Waals surface area contributed by atoms with Gasteiger partial charge in [0.25, 0.3) is 0 Å². The van der Waals surface area contributed by atoms with Gasteiger partial charge < -0.3 is 10.6 Å². The smallest absolute Gasteiger partial charge is 0.243 e. The Bertz CT molecular complexity index is 361. The van der Waals surface area contributed by atoms with Crippen molar-refractivity contribution in [1.29, 1.82) is 0 Å². The van der Waals surface area contributed by atoms with E-state index in [1.807, 2.05) is 13.8 Å². The van der Waals surface area contributed by atoms with Gasteiger partial charge in [-0.2, -0.15) is 5.10 Å². The van der Waals surface area contributed by atoms with Crippen molar-refractivity contribution >= 4 is 5.95 Å². The summed E-state index contributed by atoms with van der Waals surface area (Å²) >= 11 is 0. The Balaban J connectivity index is 1.75. The van der Waals surface area contributed by atoms with Crippen molar-refractivity contribution in [1.82, 2.24) is 25.4 Å². The zero-order valence-electron chi connectivity index (χ0n) is 10.5. The number of aromatic nitrogens is 3. The molecule has 1 fully saturated rings. The van der Waals surface area contributed by atoms with E-state index in [0.717, 1.165) is 50.7 Å². The second-order valence-corrected chi connectivity index (χ2v) is 4.32. The molecular formula is C11H20N6. The van der Waals surface area contributed by atoms with Crippen molar-refractivity contribution in [2.45, 2.75) is 13.8 Å². The lowest BCUT2D eigenvalue weighted by atomic mass is 10.3. The van der Waals surface area contributed by atoms with Crippen LogP contribution in [-0.4, -0.2) is 59.3 Å². The van der Waals surface area contributed by atoms with Crippen molar-refractivity contribution in [2.24, 2.45) is 0 Å². The van der Waals surface area contributed by atoms with Gasteiger partial charge in [-0.1, -0.05) is 0 Å². The van der Waals surface area contributed by atoms with E-state index in [1.165, 1.54) is 0 Å². The fraction of sp³-hybridized carbons (Fsp3) is 0.727. The highest BCUT2D eigenvalue weighted by Crippen LogP contribution is 2.01. The fourth-order valence-corrected chi connectivity index (χ4v) is 1.79. The summed E-state index contributed by atoms with van der Waals surface area (Å²) in [5.41, 5.74) is 1.82. The Morgan fingerprint density at radius 1 is 1.18 bits per heavy atom. The molecule has 0 unspecified atom stereocenters. The molecule has 94 valence electrons. The van der Waals surface area contributed by atoms with Crippen molar-refractivity contribution in [3.8, 4) is 0 Å². The summed E-state index contributed by atoms with van der Waals surface area (Å²) in [5.74, 6) is 0.628. The molecule has 0 saturated carbocycles. The van der Waals surface area contributed by atoms with E-state index in [0.29, 0.717) is 5.95 Å². The van der Waals surface area contributed by atoms with Crippen LogP contribution in [0.5, 0.6) is 0 Å². The summed E-state index contributed by atoms with van der Waals surface area (Å²) in [7, 11) is 0. The van der Waals surface area contributed by atoms with Gasteiger partial charge in [0.05, 0.1) is 11.4 Å². The van der Waals surface area contributed by atoms with Gasteiger partial charge in [0.15, 0.2) is 0 Å². The number of anilines is 1. The number of rotatable bonds is 4. The second kappa shape index (κ2) is 5.88. The Morgan fingerprint density at radius 2 is 1.94 bits per heavy atom. The summed E-state index contributed by atoms with van der Waals surface area (Å²) in [6.07, 6.45) is 0. The first-order valence-corrected chi connectivity index (χ1v) is 6.10. The van der Waals surface area contributed by atoms with Gasteiger partial charge in [0.1, 0.15) is 0 Å². The third-order valence-corrected chi connectivity index (χ3v) is 3.01. The van der Waals surface area contributed by atoms with Gasteiger partial charge in [0, 0.05) is 39.3 Å². The van der Waals surface area contributed by atoms with E-state index >= 15 is 0 Å². The molecule has 0 aliphatic carbocycles. The Kier molecular flexibility index (Phi) is 4.22. The quantitative estimate of drug-likeness (QED) is 0.755. The van der Waals surface area contributed by atoms with E-state index in [4.69, 9.17) is 0 Å². The minimum absolute atomic E-state index is 0.628. The molecule has 2 N–H and O–H groups in total. The lowest BCUT2D eigenvalue weighted by Crippen LogP contribution is -2.45. The van der Waals surface area contributed by atoms with Crippen LogP contribution in [0.25, 0.3) is 0 Å². The van der Waals surface area contributed by atoms with Crippen molar-refractivity contribution in [2.75, 3.05) is 44.6 Å². The molecule has 2 rings (SSSR count). The predicted molar refractivity (Wildman–Crippen MR) is 67.1 cm³/mol. The van der Waals surface area contributed by atoms with Gasteiger partial charge in [-0.15, -0.1) is 5.10 Å². The Labute approximate surface area is 102 Å². The van der Waals surface area contributed by atoms with Gasteiger partial charge >= 0.3 is 0 Å². The standard InChI is InChI=1S/C11H20N6/c1-9-10(2)15-16-11(14-9)13-5-8-17-6-3-12-4-7-17/h12H,3-8H2,1-2H3,(H,13,14,16). The van der Waals surface area contributed by atoms with Crippen LogP contribution in [-0.2, 0) is 0 Å². The average molecular weight is 236 g/mol. The molecule has 17 heavy (non-hydrogen) atoms. The molecule has 0 radical (unpaired) electrons. The first kappa shape index (κ1) is 12.2. The van der Waals surface area contributed by atoms with Crippen LogP contribution in [0.1, 0.15) is 11.4 Å². The average Bonchev–Trinajstić information content (AvgIpc) is 2.35. The monoisotopic (exact) mass is 236 g/mol. The summed E-state index contributed by atoms with van der Waals surface area (Å²) in [4.78, 5) is 6.77. The summed E-state index contributed by atoms with van der Waals surface area (Å²) in [5, 5.41) is 14.6. The molecule has 6 heteroatoms. The zero-order chi connectivity index (χ0) is 12.1. The molecule has 0 aromatic carbocycles.